The maximum absolute atomic E-state index is 12.9. The van der Waals surface area contributed by atoms with E-state index in [2.05, 4.69) is 5.32 Å². The van der Waals surface area contributed by atoms with Crippen molar-refractivity contribution in [2.45, 2.75) is 25.3 Å². The quantitative estimate of drug-likeness (QED) is 0.674. The molecule has 4 nitrogen and oxygen atoms in total. The number of carbonyl (C=O) groups is 2. The van der Waals surface area contributed by atoms with Crippen LogP contribution in [0.25, 0.3) is 0 Å². The molecule has 1 atom stereocenters. The summed E-state index contributed by atoms with van der Waals surface area (Å²) >= 11 is 1.67. The Morgan fingerprint density at radius 3 is 1.96 bits per heavy atom. The van der Waals surface area contributed by atoms with Gasteiger partial charge in [-0.15, -0.1) is 0 Å². The molecule has 0 aliphatic carbocycles. The number of benzene rings is 2. The van der Waals surface area contributed by atoms with Gasteiger partial charge >= 0.3 is 5.97 Å². The molecule has 2 rings (SSSR count). The zero-order chi connectivity index (χ0) is 18.1. The maximum atomic E-state index is 12.9. The SMILES string of the molecule is CCSCCC(NC(=O)C(c1ccccc1)c1ccccc1)C(=O)O. The Kier molecular flexibility index (Phi) is 7.54. The van der Waals surface area contributed by atoms with E-state index >= 15 is 0 Å². The van der Waals surface area contributed by atoms with Gasteiger partial charge in [0.1, 0.15) is 6.04 Å². The van der Waals surface area contributed by atoms with Crippen molar-refractivity contribution in [2.75, 3.05) is 11.5 Å². The van der Waals surface area contributed by atoms with E-state index in [9.17, 15) is 14.7 Å². The van der Waals surface area contributed by atoms with Gasteiger partial charge in [-0.1, -0.05) is 67.6 Å². The van der Waals surface area contributed by atoms with Crippen molar-refractivity contribution in [1.29, 1.82) is 0 Å². The van der Waals surface area contributed by atoms with Crippen LogP contribution in [0.15, 0.2) is 60.7 Å². The third-order valence-electron chi connectivity index (χ3n) is 3.90. The molecule has 1 unspecified atom stereocenters. The molecule has 0 spiro atoms. The van der Waals surface area contributed by atoms with Crippen LogP contribution in [0.1, 0.15) is 30.4 Å². The molecule has 0 fully saturated rings. The second kappa shape index (κ2) is 9.89. The molecule has 2 aromatic carbocycles. The number of carboxylic acids is 1. The Morgan fingerprint density at radius 1 is 1.00 bits per heavy atom. The molecule has 0 heterocycles. The highest BCUT2D eigenvalue weighted by Crippen LogP contribution is 2.25. The lowest BCUT2D eigenvalue weighted by Gasteiger charge is -2.21. The van der Waals surface area contributed by atoms with Crippen molar-refractivity contribution in [3.63, 3.8) is 0 Å². The van der Waals surface area contributed by atoms with E-state index in [-0.39, 0.29) is 5.91 Å². The first kappa shape index (κ1) is 19.1. The second-order valence-corrected chi connectivity index (χ2v) is 7.03. The third kappa shape index (κ3) is 5.64. The largest absolute Gasteiger partial charge is 0.480 e. The summed E-state index contributed by atoms with van der Waals surface area (Å²) in [6.45, 7) is 2.03. The third-order valence-corrected chi connectivity index (χ3v) is 4.83. The molecule has 0 aromatic heterocycles. The molecule has 0 saturated carbocycles. The zero-order valence-corrected chi connectivity index (χ0v) is 15.0. The smallest absolute Gasteiger partial charge is 0.326 e. The molecule has 0 aliphatic heterocycles. The van der Waals surface area contributed by atoms with Gasteiger partial charge in [-0.2, -0.15) is 11.8 Å². The molecule has 132 valence electrons. The number of nitrogens with one attached hydrogen (secondary N) is 1. The van der Waals surface area contributed by atoms with Crippen molar-refractivity contribution in [3.05, 3.63) is 71.8 Å². The van der Waals surface area contributed by atoms with Crippen LogP contribution in [0.4, 0.5) is 0 Å². The Bertz CT molecular complexity index is 636. The predicted molar refractivity (Wildman–Crippen MR) is 102 cm³/mol. The lowest BCUT2D eigenvalue weighted by atomic mass is 9.90. The Balaban J connectivity index is 2.22. The van der Waals surface area contributed by atoms with Crippen LogP contribution < -0.4 is 5.32 Å². The summed E-state index contributed by atoms with van der Waals surface area (Å²) < 4.78 is 0. The van der Waals surface area contributed by atoms with Gasteiger partial charge in [-0.3, -0.25) is 4.79 Å². The van der Waals surface area contributed by atoms with Gasteiger partial charge in [0.15, 0.2) is 0 Å². The molecule has 5 heteroatoms. The van der Waals surface area contributed by atoms with Gasteiger partial charge in [0, 0.05) is 0 Å². The number of thioether (sulfide) groups is 1. The van der Waals surface area contributed by atoms with Gasteiger partial charge in [-0.25, -0.2) is 4.79 Å². The van der Waals surface area contributed by atoms with E-state index in [1.807, 2.05) is 67.6 Å². The van der Waals surface area contributed by atoms with Crippen molar-refractivity contribution in [3.8, 4) is 0 Å². The summed E-state index contributed by atoms with van der Waals surface area (Å²) in [7, 11) is 0. The standard InChI is InChI=1S/C20H23NO3S/c1-2-25-14-13-17(20(23)24)21-19(22)18(15-9-5-3-6-10-15)16-11-7-4-8-12-16/h3-12,17-18H,2,13-14H2,1H3,(H,21,22)(H,23,24). The fraction of sp³-hybridized carbons (Fsp3) is 0.300. The van der Waals surface area contributed by atoms with Gasteiger partial charge in [0.25, 0.3) is 0 Å². The Labute approximate surface area is 152 Å². The average molecular weight is 357 g/mol. The first-order valence-corrected chi connectivity index (χ1v) is 9.49. The highest BCUT2D eigenvalue weighted by atomic mass is 32.2. The molecule has 2 aromatic rings. The van der Waals surface area contributed by atoms with Crippen molar-refractivity contribution in [1.82, 2.24) is 5.32 Å². The first-order chi connectivity index (χ1) is 12.1. The highest BCUT2D eigenvalue weighted by Gasteiger charge is 2.27. The monoisotopic (exact) mass is 357 g/mol. The molecule has 0 bridgehead atoms. The normalized spacial score (nSPS) is 11.9. The lowest BCUT2D eigenvalue weighted by molar-refractivity contribution is -0.141. The number of hydrogen-bond donors (Lipinski definition) is 2. The first-order valence-electron chi connectivity index (χ1n) is 8.34. The zero-order valence-electron chi connectivity index (χ0n) is 14.2. The van der Waals surface area contributed by atoms with Gasteiger partial charge in [0.2, 0.25) is 5.91 Å². The predicted octanol–water partition coefficient (Wildman–Crippen LogP) is 3.53. The van der Waals surface area contributed by atoms with E-state index in [4.69, 9.17) is 0 Å². The summed E-state index contributed by atoms with van der Waals surface area (Å²) in [6, 6.07) is 18.0. The van der Waals surface area contributed by atoms with Crippen molar-refractivity contribution < 1.29 is 14.7 Å². The number of amides is 1. The van der Waals surface area contributed by atoms with Crippen LogP contribution in [0.5, 0.6) is 0 Å². The van der Waals surface area contributed by atoms with Crippen LogP contribution in [0, 0.1) is 0 Å². The molecule has 0 aliphatic rings. The molecule has 1 amide bonds. The maximum Gasteiger partial charge on any atom is 0.326 e. The fourth-order valence-electron chi connectivity index (χ4n) is 2.64. The Hall–Kier alpha value is -2.27. The van der Waals surface area contributed by atoms with E-state index in [1.54, 1.807) is 11.8 Å². The lowest BCUT2D eigenvalue weighted by Crippen LogP contribution is -2.43. The van der Waals surface area contributed by atoms with Crippen molar-refractivity contribution >= 4 is 23.6 Å². The van der Waals surface area contributed by atoms with Crippen molar-refractivity contribution in [2.24, 2.45) is 0 Å². The number of aliphatic carboxylic acids is 1. The highest BCUT2D eigenvalue weighted by molar-refractivity contribution is 7.99. The van der Waals surface area contributed by atoms with Gasteiger partial charge in [0.05, 0.1) is 5.92 Å². The molecule has 0 radical (unpaired) electrons. The van der Waals surface area contributed by atoms with Gasteiger partial charge in [-0.05, 0) is 29.1 Å². The van der Waals surface area contributed by atoms with Crippen LogP contribution in [0.3, 0.4) is 0 Å². The molecular formula is C20H23NO3S. The minimum absolute atomic E-state index is 0.286. The van der Waals surface area contributed by atoms with Crippen LogP contribution in [-0.4, -0.2) is 34.5 Å². The molecule has 25 heavy (non-hydrogen) atoms. The minimum Gasteiger partial charge on any atom is -0.480 e. The molecule has 2 N–H and O–H groups in total. The number of carbonyl (C=O) groups excluding carboxylic acids is 1. The topological polar surface area (TPSA) is 66.4 Å². The summed E-state index contributed by atoms with van der Waals surface area (Å²) in [4.78, 5) is 24.4. The number of hydrogen-bond acceptors (Lipinski definition) is 3. The van der Waals surface area contributed by atoms with Gasteiger partial charge < -0.3 is 10.4 Å². The van der Waals surface area contributed by atoms with Crippen LogP contribution in [-0.2, 0) is 9.59 Å². The number of rotatable bonds is 9. The fourth-order valence-corrected chi connectivity index (χ4v) is 3.34. The summed E-state index contributed by atoms with van der Waals surface area (Å²) in [5.41, 5.74) is 1.69. The van der Waals surface area contributed by atoms with Crippen LogP contribution in [0.2, 0.25) is 0 Å². The Morgan fingerprint density at radius 2 is 1.52 bits per heavy atom. The summed E-state index contributed by atoms with van der Waals surface area (Å²) in [5, 5.41) is 12.1. The average Bonchev–Trinajstić information content (AvgIpc) is 2.63. The minimum atomic E-state index is -0.995. The summed E-state index contributed by atoms with van der Waals surface area (Å²) in [6.07, 6.45) is 0.413. The van der Waals surface area contributed by atoms with E-state index in [0.717, 1.165) is 16.9 Å². The number of carboxylic acid groups (broad SMARTS) is 1. The summed E-state index contributed by atoms with van der Waals surface area (Å²) in [5.74, 6) is -0.175. The van der Waals surface area contributed by atoms with E-state index in [0.29, 0.717) is 12.2 Å². The molecule has 0 saturated heterocycles. The van der Waals surface area contributed by atoms with E-state index < -0.39 is 17.9 Å². The molecular weight excluding hydrogens is 334 g/mol. The van der Waals surface area contributed by atoms with E-state index in [1.165, 1.54) is 0 Å². The van der Waals surface area contributed by atoms with Crippen LogP contribution >= 0.6 is 11.8 Å². The second-order valence-electron chi connectivity index (χ2n) is 5.64.